The first-order chi connectivity index (χ1) is 13.8. The molecule has 5 rings (SSSR count). The summed E-state index contributed by atoms with van der Waals surface area (Å²) in [4.78, 5) is 2.09. The van der Waals surface area contributed by atoms with Gasteiger partial charge in [-0.3, -0.25) is 0 Å². The van der Waals surface area contributed by atoms with Gasteiger partial charge in [0.2, 0.25) is 0 Å². The number of anilines is 1. The van der Waals surface area contributed by atoms with E-state index in [2.05, 4.69) is 20.2 Å². The van der Waals surface area contributed by atoms with E-state index < -0.39 is 0 Å². The van der Waals surface area contributed by atoms with Crippen LogP contribution in [0.1, 0.15) is 5.56 Å². The van der Waals surface area contributed by atoms with E-state index in [0.29, 0.717) is 6.54 Å². The zero-order valence-electron chi connectivity index (χ0n) is 15.2. The third-order valence-corrected chi connectivity index (χ3v) is 5.18. The van der Waals surface area contributed by atoms with Crippen LogP contribution in [0.5, 0.6) is 0 Å². The van der Waals surface area contributed by atoms with E-state index in [1.165, 1.54) is 0 Å². The maximum atomic E-state index is 4.75. The number of para-hydroxylation sites is 1. The standard InChI is InChI=1S/C20H17N7S/c1-25(12-15-11-21-26(13-15)17-5-3-2-4-6-17)19-8-7-18-22-23-20(27(18)24-19)16-9-10-28-14-16/h2-11,13-14H,12H2,1H3. The van der Waals surface area contributed by atoms with Gasteiger partial charge in [0.25, 0.3) is 0 Å². The molecule has 0 fully saturated rings. The highest BCUT2D eigenvalue weighted by molar-refractivity contribution is 7.08. The highest BCUT2D eigenvalue weighted by Crippen LogP contribution is 2.22. The number of hydrogen-bond donors (Lipinski definition) is 0. The van der Waals surface area contributed by atoms with E-state index in [-0.39, 0.29) is 0 Å². The summed E-state index contributed by atoms with van der Waals surface area (Å²) in [6, 6.07) is 16.0. The first-order valence-electron chi connectivity index (χ1n) is 8.83. The number of rotatable bonds is 5. The molecule has 0 N–H and O–H groups in total. The summed E-state index contributed by atoms with van der Waals surface area (Å²) in [5.41, 5.74) is 3.90. The third-order valence-electron chi connectivity index (χ3n) is 4.50. The summed E-state index contributed by atoms with van der Waals surface area (Å²) in [7, 11) is 2.02. The lowest BCUT2D eigenvalue weighted by atomic mass is 10.3. The van der Waals surface area contributed by atoms with Crippen molar-refractivity contribution in [3.63, 3.8) is 0 Å². The molecule has 4 heterocycles. The van der Waals surface area contributed by atoms with E-state index >= 15 is 0 Å². The van der Waals surface area contributed by atoms with Crippen LogP contribution in [-0.4, -0.2) is 36.6 Å². The molecule has 0 saturated heterocycles. The Morgan fingerprint density at radius 3 is 2.75 bits per heavy atom. The molecular formula is C20H17N7S. The molecule has 0 aliphatic heterocycles. The summed E-state index contributed by atoms with van der Waals surface area (Å²) in [6.45, 7) is 0.696. The Balaban J connectivity index is 1.41. The summed E-state index contributed by atoms with van der Waals surface area (Å²) < 4.78 is 3.68. The van der Waals surface area contributed by atoms with Crippen LogP contribution in [0.2, 0.25) is 0 Å². The minimum atomic E-state index is 0.696. The zero-order chi connectivity index (χ0) is 18.9. The second kappa shape index (κ2) is 6.90. The van der Waals surface area contributed by atoms with Crippen molar-refractivity contribution in [3.8, 4) is 17.1 Å². The van der Waals surface area contributed by atoms with E-state index in [4.69, 9.17) is 5.10 Å². The minimum absolute atomic E-state index is 0.696. The fourth-order valence-electron chi connectivity index (χ4n) is 3.07. The smallest absolute Gasteiger partial charge is 0.186 e. The molecule has 138 valence electrons. The van der Waals surface area contributed by atoms with Gasteiger partial charge < -0.3 is 4.90 Å². The Bertz CT molecular complexity index is 1210. The summed E-state index contributed by atoms with van der Waals surface area (Å²) >= 11 is 1.63. The Morgan fingerprint density at radius 2 is 1.93 bits per heavy atom. The summed E-state index contributed by atoms with van der Waals surface area (Å²) in [5.74, 6) is 1.60. The van der Waals surface area contributed by atoms with Crippen LogP contribution in [-0.2, 0) is 6.54 Å². The fourth-order valence-corrected chi connectivity index (χ4v) is 3.71. The molecule has 0 aliphatic rings. The SMILES string of the molecule is CN(Cc1cnn(-c2ccccc2)c1)c1ccc2nnc(-c3ccsc3)n2n1. The predicted octanol–water partition coefficient (Wildman–Crippen LogP) is 3.67. The van der Waals surface area contributed by atoms with Gasteiger partial charge in [0.15, 0.2) is 11.5 Å². The Kier molecular flexibility index (Phi) is 4.10. The zero-order valence-corrected chi connectivity index (χ0v) is 16.0. The topological polar surface area (TPSA) is 64.1 Å². The molecule has 28 heavy (non-hydrogen) atoms. The number of aromatic nitrogens is 6. The van der Waals surface area contributed by atoms with Gasteiger partial charge in [-0.25, -0.2) is 4.68 Å². The lowest BCUT2D eigenvalue weighted by Crippen LogP contribution is -2.18. The van der Waals surface area contributed by atoms with Gasteiger partial charge in [-0.1, -0.05) is 18.2 Å². The van der Waals surface area contributed by atoms with Crippen molar-refractivity contribution in [1.82, 2.24) is 29.6 Å². The average molecular weight is 387 g/mol. The van der Waals surface area contributed by atoms with Gasteiger partial charge in [-0.2, -0.15) is 21.0 Å². The molecule has 0 radical (unpaired) electrons. The van der Waals surface area contributed by atoms with Crippen molar-refractivity contribution < 1.29 is 0 Å². The fraction of sp³-hybridized carbons (Fsp3) is 0.100. The van der Waals surface area contributed by atoms with Gasteiger partial charge >= 0.3 is 0 Å². The predicted molar refractivity (Wildman–Crippen MR) is 110 cm³/mol. The molecule has 0 bridgehead atoms. The minimum Gasteiger partial charge on any atom is -0.354 e. The molecule has 0 atom stereocenters. The van der Waals surface area contributed by atoms with Crippen molar-refractivity contribution in [2.24, 2.45) is 0 Å². The second-order valence-corrected chi connectivity index (χ2v) is 7.26. The number of nitrogens with zero attached hydrogens (tertiary/aromatic N) is 7. The maximum Gasteiger partial charge on any atom is 0.186 e. The van der Waals surface area contributed by atoms with Crippen LogP contribution in [0.4, 0.5) is 5.82 Å². The first kappa shape index (κ1) is 16.6. The molecule has 5 aromatic rings. The molecule has 8 heteroatoms. The number of thiophene rings is 1. The second-order valence-electron chi connectivity index (χ2n) is 6.48. The van der Waals surface area contributed by atoms with Gasteiger partial charge in [0.1, 0.15) is 5.82 Å². The lowest BCUT2D eigenvalue weighted by molar-refractivity contribution is 0.841. The number of benzene rings is 1. The Hall–Kier alpha value is -3.52. The van der Waals surface area contributed by atoms with Gasteiger partial charge in [0, 0.05) is 36.3 Å². The molecule has 0 unspecified atom stereocenters. The number of fused-ring (bicyclic) bond motifs is 1. The van der Waals surface area contributed by atoms with Crippen LogP contribution in [0, 0.1) is 0 Å². The van der Waals surface area contributed by atoms with E-state index in [0.717, 1.165) is 34.1 Å². The summed E-state index contributed by atoms with van der Waals surface area (Å²) in [5, 5.41) is 21.8. The molecule has 1 aromatic carbocycles. The monoisotopic (exact) mass is 387 g/mol. The van der Waals surface area contributed by atoms with Crippen LogP contribution in [0.25, 0.3) is 22.7 Å². The molecular weight excluding hydrogens is 370 g/mol. The highest BCUT2D eigenvalue weighted by atomic mass is 32.1. The molecule has 0 spiro atoms. The number of hydrogen-bond acceptors (Lipinski definition) is 6. The van der Waals surface area contributed by atoms with Crippen molar-refractivity contribution in [2.45, 2.75) is 6.54 Å². The van der Waals surface area contributed by atoms with E-state index in [9.17, 15) is 0 Å². The van der Waals surface area contributed by atoms with Gasteiger partial charge in [-0.15, -0.1) is 15.3 Å². The van der Waals surface area contributed by atoms with Gasteiger partial charge in [-0.05, 0) is 35.7 Å². The average Bonchev–Trinajstić information content (AvgIpc) is 3.48. The Labute approximate surface area is 165 Å². The van der Waals surface area contributed by atoms with Crippen molar-refractivity contribution >= 4 is 22.8 Å². The highest BCUT2D eigenvalue weighted by Gasteiger charge is 2.13. The summed E-state index contributed by atoms with van der Waals surface area (Å²) in [6.07, 6.45) is 3.93. The quantitative estimate of drug-likeness (QED) is 0.460. The molecule has 0 saturated carbocycles. The first-order valence-corrected chi connectivity index (χ1v) is 9.77. The molecule has 0 amide bonds. The van der Waals surface area contributed by atoms with Crippen LogP contribution < -0.4 is 4.90 Å². The third kappa shape index (κ3) is 3.03. The normalized spacial score (nSPS) is 11.2. The largest absolute Gasteiger partial charge is 0.354 e. The maximum absolute atomic E-state index is 4.75. The molecule has 0 aliphatic carbocycles. The van der Waals surface area contributed by atoms with Crippen molar-refractivity contribution in [1.29, 1.82) is 0 Å². The van der Waals surface area contributed by atoms with Crippen LogP contribution in [0.15, 0.2) is 71.7 Å². The van der Waals surface area contributed by atoms with Crippen LogP contribution >= 0.6 is 11.3 Å². The van der Waals surface area contributed by atoms with E-state index in [1.807, 2.05) is 83.4 Å². The van der Waals surface area contributed by atoms with Crippen molar-refractivity contribution in [2.75, 3.05) is 11.9 Å². The van der Waals surface area contributed by atoms with Crippen LogP contribution in [0.3, 0.4) is 0 Å². The Morgan fingerprint density at radius 1 is 1.04 bits per heavy atom. The van der Waals surface area contributed by atoms with E-state index in [1.54, 1.807) is 15.9 Å². The lowest BCUT2D eigenvalue weighted by Gasteiger charge is -2.17. The molecule has 7 nitrogen and oxygen atoms in total. The van der Waals surface area contributed by atoms with Crippen molar-refractivity contribution in [3.05, 3.63) is 77.2 Å². The van der Waals surface area contributed by atoms with Gasteiger partial charge in [0.05, 0.1) is 11.9 Å². The molecule has 4 aromatic heterocycles.